The third kappa shape index (κ3) is 3.98. The quantitative estimate of drug-likeness (QED) is 0.923. The maximum absolute atomic E-state index is 12.9. The average molecular weight is 309 g/mol. The first-order valence-electron chi connectivity index (χ1n) is 7.77. The van der Waals surface area contributed by atoms with E-state index in [0.29, 0.717) is 16.5 Å². The molecule has 0 bridgehead atoms. The Hall–Kier alpha value is -1.06. The minimum atomic E-state index is 0.0456. The van der Waals surface area contributed by atoms with E-state index in [9.17, 15) is 4.79 Å². The van der Waals surface area contributed by atoms with E-state index in [0.717, 1.165) is 25.2 Å². The number of hydrogen-bond donors (Lipinski definition) is 1. The SMILES string of the molecule is Cc1cccc(C(=O)N(CC2CCCNC2)C(C)C)c1Cl. The molecule has 4 heteroatoms. The maximum Gasteiger partial charge on any atom is 0.255 e. The summed E-state index contributed by atoms with van der Waals surface area (Å²) in [5, 5.41) is 3.99. The van der Waals surface area contributed by atoms with E-state index < -0.39 is 0 Å². The molecule has 1 aliphatic heterocycles. The number of benzene rings is 1. The molecule has 1 saturated heterocycles. The Balaban J connectivity index is 2.17. The van der Waals surface area contributed by atoms with Gasteiger partial charge in [-0.25, -0.2) is 0 Å². The fraction of sp³-hybridized carbons (Fsp3) is 0.588. The van der Waals surface area contributed by atoms with Crippen molar-refractivity contribution in [2.75, 3.05) is 19.6 Å². The van der Waals surface area contributed by atoms with Crippen LogP contribution in [0, 0.1) is 12.8 Å². The van der Waals surface area contributed by atoms with Gasteiger partial charge in [0.2, 0.25) is 0 Å². The molecule has 1 aromatic carbocycles. The van der Waals surface area contributed by atoms with Gasteiger partial charge in [-0.05, 0) is 64.3 Å². The zero-order valence-electron chi connectivity index (χ0n) is 13.2. The molecule has 0 radical (unpaired) electrons. The zero-order valence-corrected chi connectivity index (χ0v) is 13.9. The second-order valence-corrected chi connectivity index (χ2v) is 6.58. The van der Waals surface area contributed by atoms with Gasteiger partial charge in [0.25, 0.3) is 5.91 Å². The fourth-order valence-electron chi connectivity index (χ4n) is 2.85. The van der Waals surface area contributed by atoms with Gasteiger partial charge in [-0.1, -0.05) is 23.7 Å². The maximum atomic E-state index is 12.9. The lowest BCUT2D eigenvalue weighted by molar-refractivity contribution is 0.0661. The van der Waals surface area contributed by atoms with Crippen LogP contribution in [-0.2, 0) is 0 Å². The van der Waals surface area contributed by atoms with Crippen LogP contribution < -0.4 is 5.32 Å². The Kier molecular flexibility index (Phi) is 5.65. The van der Waals surface area contributed by atoms with E-state index in [4.69, 9.17) is 11.6 Å². The van der Waals surface area contributed by atoms with Gasteiger partial charge in [0.1, 0.15) is 0 Å². The van der Waals surface area contributed by atoms with Crippen molar-refractivity contribution >= 4 is 17.5 Å². The van der Waals surface area contributed by atoms with E-state index in [2.05, 4.69) is 19.2 Å². The number of amides is 1. The highest BCUT2D eigenvalue weighted by atomic mass is 35.5. The first-order valence-corrected chi connectivity index (χ1v) is 8.15. The molecule has 21 heavy (non-hydrogen) atoms. The van der Waals surface area contributed by atoms with Gasteiger partial charge in [0.15, 0.2) is 0 Å². The summed E-state index contributed by atoms with van der Waals surface area (Å²) in [6.07, 6.45) is 2.38. The summed E-state index contributed by atoms with van der Waals surface area (Å²) in [6, 6.07) is 5.83. The van der Waals surface area contributed by atoms with Gasteiger partial charge in [0.05, 0.1) is 10.6 Å². The van der Waals surface area contributed by atoms with Crippen molar-refractivity contribution in [2.45, 2.75) is 39.7 Å². The summed E-state index contributed by atoms with van der Waals surface area (Å²) < 4.78 is 0. The van der Waals surface area contributed by atoms with E-state index >= 15 is 0 Å². The van der Waals surface area contributed by atoms with E-state index in [-0.39, 0.29) is 11.9 Å². The molecule has 0 aromatic heterocycles. The molecule has 1 amide bonds. The molecule has 1 aliphatic rings. The van der Waals surface area contributed by atoms with Crippen LogP contribution in [-0.4, -0.2) is 36.5 Å². The van der Waals surface area contributed by atoms with Crippen LogP contribution in [0.3, 0.4) is 0 Å². The first-order chi connectivity index (χ1) is 10.0. The van der Waals surface area contributed by atoms with E-state index in [1.165, 1.54) is 12.8 Å². The summed E-state index contributed by atoms with van der Waals surface area (Å²) in [5.41, 5.74) is 1.57. The second-order valence-electron chi connectivity index (χ2n) is 6.20. The van der Waals surface area contributed by atoms with Gasteiger partial charge < -0.3 is 10.2 Å². The monoisotopic (exact) mass is 308 g/mol. The van der Waals surface area contributed by atoms with Gasteiger partial charge >= 0.3 is 0 Å². The van der Waals surface area contributed by atoms with Crippen molar-refractivity contribution < 1.29 is 4.79 Å². The summed E-state index contributed by atoms with van der Waals surface area (Å²) in [4.78, 5) is 14.8. The van der Waals surface area contributed by atoms with Gasteiger partial charge in [-0.15, -0.1) is 0 Å². The third-order valence-corrected chi connectivity index (χ3v) is 4.66. The van der Waals surface area contributed by atoms with Crippen molar-refractivity contribution in [1.82, 2.24) is 10.2 Å². The highest BCUT2D eigenvalue weighted by Gasteiger charge is 2.25. The number of piperidine rings is 1. The van der Waals surface area contributed by atoms with Crippen LogP contribution in [0.4, 0.5) is 0 Å². The topological polar surface area (TPSA) is 32.3 Å². The molecule has 0 aliphatic carbocycles. The number of nitrogens with zero attached hydrogens (tertiary/aromatic N) is 1. The van der Waals surface area contributed by atoms with Crippen LogP contribution >= 0.6 is 11.6 Å². The molecule has 1 unspecified atom stereocenters. The summed E-state index contributed by atoms with van der Waals surface area (Å²) in [7, 11) is 0. The summed E-state index contributed by atoms with van der Waals surface area (Å²) >= 11 is 6.32. The normalized spacial score (nSPS) is 18.8. The molecule has 1 atom stereocenters. The number of carbonyl (C=O) groups is 1. The van der Waals surface area contributed by atoms with Crippen molar-refractivity contribution in [2.24, 2.45) is 5.92 Å². The highest BCUT2D eigenvalue weighted by Crippen LogP contribution is 2.23. The molecule has 0 saturated carbocycles. The zero-order chi connectivity index (χ0) is 15.4. The van der Waals surface area contributed by atoms with Crippen molar-refractivity contribution in [3.8, 4) is 0 Å². The minimum absolute atomic E-state index is 0.0456. The molecule has 1 N–H and O–H groups in total. The summed E-state index contributed by atoms with van der Waals surface area (Å²) in [5.74, 6) is 0.581. The molecule has 2 rings (SSSR count). The summed E-state index contributed by atoms with van der Waals surface area (Å²) in [6.45, 7) is 8.96. The first kappa shape index (κ1) is 16.3. The third-order valence-electron chi connectivity index (χ3n) is 4.16. The molecular formula is C17H25ClN2O. The predicted octanol–water partition coefficient (Wildman–Crippen LogP) is 3.50. The number of carbonyl (C=O) groups excluding carboxylic acids is 1. The highest BCUT2D eigenvalue weighted by molar-refractivity contribution is 6.34. The Morgan fingerprint density at radius 3 is 2.86 bits per heavy atom. The fourth-order valence-corrected chi connectivity index (χ4v) is 3.06. The van der Waals surface area contributed by atoms with Gasteiger partial charge in [-0.2, -0.15) is 0 Å². The minimum Gasteiger partial charge on any atom is -0.336 e. The number of hydrogen-bond acceptors (Lipinski definition) is 2. The molecular weight excluding hydrogens is 284 g/mol. The molecule has 1 heterocycles. The van der Waals surface area contributed by atoms with Crippen LogP contribution in [0.5, 0.6) is 0 Å². The molecule has 1 fully saturated rings. The van der Waals surface area contributed by atoms with Crippen LogP contribution in [0.15, 0.2) is 18.2 Å². The van der Waals surface area contributed by atoms with E-state index in [1.807, 2.05) is 30.0 Å². The second kappa shape index (κ2) is 7.28. The molecule has 1 aromatic rings. The van der Waals surface area contributed by atoms with Crippen LogP contribution in [0.25, 0.3) is 0 Å². The molecule has 116 valence electrons. The number of nitrogens with one attached hydrogen (secondary N) is 1. The average Bonchev–Trinajstić information content (AvgIpc) is 2.48. The van der Waals surface area contributed by atoms with Gasteiger partial charge in [0, 0.05) is 12.6 Å². The smallest absolute Gasteiger partial charge is 0.255 e. The Morgan fingerprint density at radius 1 is 1.48 bits per heavy atom. The predicted molar refractivity (Wildman–Crippen MR) is 88.0 cm³/mol. The van der Waals surface area contributed by atoms with Crippen LogP contribution in [0.2, 0.25) is 5.02 Å². The Bertz CT molecular complexity index is 496. The van der Waals surface area contributed by atoms with E-state index in [1.54, 1.807) is 0 Å². The molecule has 0 spiro atoms. The lowest BCUT2D eigenvalue weighted by atomic mass is 9.98. The van der Waals surface area contributed by atoms with Crippen molar-refractivity contribution in [3.63, 3.8) is 0 Å². The molecule has 3 nitrogen and oxygen atoms in total. The van der Waals surface area contributed by atoms with Gasteiger partial charge in [-0.3, -0.25) is 4.79 Å². The number of aryl methyl sites for hydroxylation is 1. The standard InChI is InChI=1S/C17H25ClN2O/c1-12(2)20(11-14-7-5-9-19-10-14)17(21)15-8-4-6-13(3)16(15)18/h4,6,8,12,14,19H,5,7,9-11H2,1-3H3. The Morgan fingerprint density at radius 2 is 2.24 bits per heavy atom. The largest absolute Gasteiger partial charge is 0.336 e. The van der Waals surface area contributed by atoms with Crippen LogP contribution in [0.1, 0.15) is 42.6 Å². The van der Waals surface area contributed by atoms with Crippen molar-refractivity contribution in [1.29, 1.82) is 0 Å². The number of rotatable bonds is 4. The Labute approximate surface area is 132 Å². The number of halogens is 1. The lowest BCUT2D eigenvalue weighted by Gasteiger charge is -2.33. The lowest BCUT2D eigenvalue weighted by Crippen LogP contribution is -2.44. The van der Waals surface area contributed by atoms with Crippen molar-refractivity contribution in [3.05, 3.63) is 34.3 Å².